The Labute approximate surface area is 119 Å². The topological polar surface area (TPSA) is 75.4 Å². The zero-order valence-corrected chi connectivity index (χ0v) is 12.0. The molecule has 1 aromatic rings. The molecular formula is C15H21N3O2. The van der Waals surface area contributed by atoms with Gasteiger partial charge in [0.25, 0.3) is 5.91 Å². The third kappa shape index (κ3) is 2.99. The van der Waals surface area contributed by atoms with Gasteiger partial charge >= 0.3 is 0 Å². The Bertz CT molecular complexity index is 520. The van der Waals surface area contributed by atoms with E-state index in [9.17, 15) is 9.59 Å². The fourth-order valence-corrected chi connectivity index (χ4v) is 2.04. The van der Waals surface area contributed by atoms with Crippen LogP contribution in [0.4, 0.5) is 5.69 Å². The largest absolute Gasteiger partial charge is 0.339 e. The quantitative estimate of drug-likeness (QED) is 0.857. The summed E-state index contributed by atoms with van der Waals surface area (Å²) in [6.45, 7) is 5.21. The van der Waals surface area contributed by atoms with Gasteiger partial charge in [-0.15, -0.1) is 0 Å². The third-order valence-electron chi connectivity index (χ3n) is 3.66. The molecule has 0 saturated heterocycles. The Morgan fingerprint density at radius 2 is 1.95 bits per heavy atom. The van der Waals surface area contributed by atoms with E-state index in [4.69, 9.17) is 5.73 Å². The van der Waals surface area contributed by atoms with Gasteiger partial charge in [-0.25, -0.2) is 0 Å². The van der Waals surface area contributed by atoms with Gasteiger partial charge < -0.3 is 16.0 Å². The number of nitrogens with zero attached hydrogens (tertiary/aromatic N) is 1. The average Bonchev–Trinajstić information content (AvgIpc) is 3.20. The van der Waals surface area contributed by atoms with Gasteiger partial charge in [0.2, 0.25) is 5.91 Å². The van der Waals surface area contributed by atoms with Gasteiger partial charge in [-0.2, -0.15) is 0 Å². The number of nitrogens with one attached hydrogen (secondary N) is 1. The van der Waals surface area contributed by atoms with Crippen LogP contribution >= 0.6 is 0 Å². The molecule has 20 heavy (non-hydrogen) atoms. The molecule has 1 fully saturated rings. The first-order valence-corrected chi connectivity index (χ1v) is 7.00. The fourth-order valence-electron chi connectivity index (χ4n) is 2.04. The van der Waals surface area contributed by atoms with E-state index < -0.39 is 5.54 Å². The van der Waals surface area contributed by atoms with E-state index in [1.807, 2.05) is 13.8 Å². The second kappa shape index (κ2) is 5.63. The maximum atomic E-state index is 12.2. The summed E-state index contributed by atoms with van der Waals surface area (Å²) in [6, 6.07) is 6.99. The normalized spacial score (nSPS) is 15.6. The molecule has 0 aromatic heterocycles. The lowest BCUT2D eigenvalue weighted by molar-refractivity contribution is -0.118. The number of rotatable bonds is 5. The molecule has 5 heteroatoms. The van der Waals surface area contributed by atoms with Crippen molar-refractivity contribution < 1.29 is 9.59 Å². The van der Waals surface area contributed by atoms with E-state index in [1.54, 1.807) is 29.2 Å². The second-order valence-electron chi connectivity index (χ2n) is 5.17. The molecule has 5 nitrogen and oxygen atoms in total. The van der Waals surface area contributed by atoms with Crippen molar-refractivity contribution in [2.75, 3.05) is 18.4 Å². The van der Waals surface area contributed by atoms with Gasteiger partial charge in [0.05, 0.1) is 5.54 Å². The molecule has 2 amide bonds. The Morgan fingerprint density at radius 1 is 1.30 bits per heavy atom. The molecule has 0 radical (unpaired) electrons. The van der Waals surface area contributed by atoms with E-state index in [0.29, 0.717) is 24.3 Å². The number of amides is 2. The highest BCUT2D eigenvalue weighted by Gasteiger charge is 2.45. The van der Waals surface area contributed by atoms with Crippen LogP contribution in [0.25, 0.3) is 0 Å². The molecule has 0 unspecified atom stereocenters. The number of carbonyl (C=O) groups is 2. The third-order valence-corrected chi connectivity index (χ3v) is 3.66. The Morgan fingerprint density at radius 3 is 2.50 bits per heavy atom. The minimum atomic E-state index is -0.709. The first-order valence-electron chi connectivity index (χ1n) is 7.00. The lowest BCUT2D eigenvalue weighted by atomic mass is 10.1. The summed E-state index contributed by atoms with van der Waals surface area (Å²) < 4.78 is 0. The van der Waals surface area contributed by atoms with Crippen LogP contribution in [0.5, 0.6) is 0 Å². The van der Waals surface area contributed by atoms with Gasteiger partial charge in [0.15, 0.2) is 0 Å². The summed E-state index contributed by atoms with van der Waals surface area (Å²) in [5, 5.41) is 2.78. The standard InChI is InChI=1S/C15H21N3O2/c1-3-18(4-2)13(19)11-6-5-7-12(10-11)17-14(20)15(16)8-9-15/h5-7,10H,3-4,8-9,16H2,1-2H3,(H,17,20). The average molecular weight is 275 g/mol. The highest BCUT2D eigenvalue weighted by Crippen LogP contribution is 2.33. The van der Waals surface area contributed by atoms with Crippen LogP contribution in [0, 0.1) is 0 Å². The fraction of sp³-hybridized carbons (Fsp3) is 0.467. The number of carbonyl (C=O) groups excluding carboxylic acids is 2. The molecule has 1 aromatic carbocycles. The van der Waals surface area contributed by atoms with E-state index in [1.165, 1.54) is 0 Å². The van der Waals surface area contributed by atoms with Crippen molar-refractivity contribution >= 4 is 17.5 Å². The van der Waals surface area contributed by atoms with Gasteiger partial charge in [0.1, 0.15) is 0 Å². The molecule has 0 atom stereocenters. The second-order valence-corrected chi connectivity index (χ2v) is 5.17. The first kappa shape index (κ1) is 14.5. The van der Waals surface area contributed by atoms with Crippen molar-refractivity contribution in [3.05, 3.63) is 29.8 Å². The summed E-state index contributed by atoms with van der Waals surface area (Å²) in [5.41, 5.74) is 6.32. The molecule has 0 bridgehead atoms. The summed E-state index contributed by atoms with van der Waals surface area (Å²) in [6.07, 6.45) is 1.44. The molecule has 108 valence electrons. The minimum Gasteiger partial charge on any atom is -0.339 e. The van der Waals surface area contributed by atoms with Crippen LogP contribution in [0.2, 0.25) is 0 Å². The van der Waals surface area contributed by atoms with Crippen molar-refractivity contribution in [3.8, 4) is 0 Å². The Hall–Kier alpha value is -1.88. The zero-order chi connectivity index (χ0) is 14.8. The van der Waals surface area contributed by atoms with Crippen LogP contribution < -0.4 is 11.1 Å². The summed E-state index contributed by atoms with van der Waals surface area (Å²) in [5.74, 6) is -0.204. The van der Waals surface area contributed by atoms with Crippen molar-refractivity contribution in [2.24, 2.45) is 5.73 Å². The summed E-state index contributed by atoms with van der Waals surface area (Å²) >= 11 is 0. The number of benzene rings is 1. The highest BCUT2D eigenvalue weighted by atomic mass is 16.2. The van der Waals surface area contributed by atoms with Crippen molar-refractivity contribution in [2.45, 2.75) is 32.2 Å². The smallest absolute Gasteiger partial charge is 0.253 e. The number of anilines is 1. The number of nitrogens with two attached hydrogens (primary N) is 1. The Balaban J connectivity index is 2.11. The zero-order valence-electron chi connectivity index (χ0n) is 12.0. The van der Waals surface area contributed by atoms with Gasteiger partial charge in [-0.05, 0) is 44.9 Å². The maximum absolute atomic E-state index is 12.2. The molecule has 1 aliphatic carbocycles. The lowest BCUT2D eigenvalue weighted by Gasteiger charge is -2.19. The summed E-state index contributed by atoms with van der Waals surface area (Å²) in [4.78, 5) is 25.9. The Kier molecular flexibility index (Phi) is 4.09. The lowest BCUT2D eigenvalue weighted by Crippen LogP contribution is -2.37. The molecular weight excluding hydrogens is 254 g/mol. The summed E-state index contributed by atoms with van der Waals surface area (Å²) in [7, 11) is 0. The number of hydrogen-bond acceptors (Lipinski definition) is 3. The first-order chi connectivity index (χ1) is 9.50. The van der Waals surface area contributed by atoms with E-state index >= 15 is 0 Å². The molecule has 0 heterocycles. The SMILES string of the molecule is CCN(CC)C(=O)c1cccc(NC(=O)C2(N)CC2)c1. The highest BCUT2D eigenvalue weighted by molar-refractivity contribution is 6.01. The molecule has 3 N–H and O–H groups in total. The monoisotopic (exact) mass is 275 g/mol. The van der Waals surface area contributed by atoms with Crippen LogP contribution in [-0.4, -0.2) is 35.3 Å². The molecule has 0 spiro atoms. The molecule has 0 aliphatic heterocycles. The number of hydrogen-bond donors (Lipinski definition) is 2. The van der Waals surface area contributed by atoms with Crippen LogP contribution in [0.15, 0.2) is 24.3 Å². The van der Waals surface area contributed by atoms with Crippen LogP contribution in [0.3, 0.4) is 0 Å². The van der Waals surface area contributed by atoms with Gasteiger partial charge in [-0.3, -0.25) is 9.59 Å². The van der Waals surface area contributed by atoms with E-state index in [0.717, 1.165) is 12.8 Å². The van der Waals surface area contributed by atoms with E-state index in [2.05, 4.69) is 5.32 Å². The van der Waals surface area contributed by atoms with Crippen LogP contribution in [0.1, 0.15) is 37.0 Å². The predicted octanol–water partition coefficient (Wildman–Crippen LogP) is 1.60. The van der Waals surface area contributed by atoms with E-state index in [-0.39, 0.29) is 11.8 Å². The van der Waals surface area contributed by atoms with Crippen molar-refractivity contribution in [3.63, 3.8) is 0 Å². The molecule has 2 rings (SSSR count). The predicted molar refractivity (Wildman–Crippen MR) is 78.5 cm³/mol. The van der Waals surface area contributed by atoms with Crippen LogP contribution in [-0.2, 0) is 4.79 Å². The van der Waals surface area contributed by atoms with Gasteiger partial charge in [-0.1, -0.05) is 6.07 Å². The molecule has 1 saturated carbocycles. The van der Waals surface area contributed by atoms with Crippen molar-refractivity contribution in [1.29, 1.82) is 0 Å². The minimum absolute atomic E-state index is 0.0278. The molecule has 1 aliphatic rings. The van der Waals surface area contributed by atoms with Gasteiger partial charge in [0, 0.05) is 24.3 Å². The maximum Gasteiger partial charge on any atom is 0.253 e. The van der Waals surface area contributed by atoms with Crippen molar-refractivity contribution in [1.82, 2.24) is 4.90 Å².